The van der Waals surface area contributed by atoms with Crippen LogP contribution in [0.4, 0.5) is 0 Å². The minimum atomic E-state index is -0.560. The molecule has 0 fully saturated rings. The van der Waals surface area contributed by atoms with E-state index < -0.39 is 11.2 Å². The Balaban J connectivity index is 2.63. The highest BCUT2D eigenvalue weighted by Gasteiger charge is 2.09. The summed E-state index contributed by atoms with van der Waals surface area (Å²) in [5, 5.41) is 0. The summed E-state index contributed by atoms with van der Waals surface area (Å²) in [6.45, 7) is 0. The quantitative estimate of drug-likeness (QED) is 0.839. The van der Waals surface area contributed by atoms with Gasteiger partial charge in [-0.15, -0.1) is 0 Å². The van der Waals surface area contributed by atoms with Crippen molar-refractivity contribution in [3.63, 3.8) is 0 Å². The van der Waals surface area contributed by atoms with E-state index in [1.807, 2.05) is 0 Å². The van der Waals surface area contributed by atoms with Crippen LogP contribution in [0.15, 0.2) is 33.9 Å². The molecule has 94 valence electrons. The number of hydrogen-bond acceptors (Lipinski definition) is 4. The summed E-state index contributed by atoms with van der Waals surface area (Å²) in [7, 11) is 3.05. The van der Waals surface area contributed by atoms with Crippen molar-refractivity contribution >= 4 is 0 Å². The number of aromatic nitrogens is 2. The molecule has 0 saturated heterocycles. The molecular formula is C12H12N2O4. The predicted octanol–water partition coefficient (Wildman–Crippen LogP) is 0.747. The topological polar surface area (TPSA) is 84.2 Å². The number of aromatic amines is 2. The van der Waals surface area contributed by atoms with Gasteiger partial charge in [0.2, 0.25) is 0 Å². The summed E-state index contributed by atoms with van der Waals surface area (Å²) in [6.07, 6.45) is 0. The minimum absolute atomic E-state index is 0.392. The second-order valence-corrected chi connectivity index (χ2v) is 3.57. The zero-order valence-electron chi connectivity index (χ0n) is 9.94. The Morgan fingerprint density at radius 3 is 2.39 bits per heavy atom. The van der Waals surface area contributed by atoms with Crippen LogP contribution in [0.25, 0.3) is 11.3 Å². The van der Waals surface area contributed by atoms with E-state index in [2.05, 4.69) is 9.97 Å². The molecule has 0 atom stereocenters. The average molecular weight is 248 g/mol. The van der Waals surface area contributed by atoms with E-state index >= 15 is 0 Å². The van der Waals surface area contributed by atoms with E-state index in [4.69, 9.17) is 9.47 Å². The molecule has 2 N–H and O–H groups in total. The molecule has 0 unspecified atom stereocenters. The third-order valence-electron chi connectivity index (χ3n) is 2.46. The van der Waals surface area contributed by atoms with Crippen LogP contribution in [0.1, 0.15) is 0 Å². The molecule has 0 saturated carbocycles. The Kier molecular flexibility index (Phi) is 3.18. The van der Waals surface area contributed by atoms with Crippen molar-refractivity contribution in [1.82, 2.24) is 9.97 Å². The second-order valence-electron chi connectivity index (χ2n) is 3.57. The van der Waals surface area contributed by atoms with E-state index in [1.165, 1.54) is 13.2 Å². The Morgan fingerprint density at radius 2 is 1.78 bits per heavy atom. The zero-order valence-corrected chi connectivity index (χ0v) is 9.94. The molecule has 18 heavy (non-hydrogen) atoms. The first kappa shape index (κ1) is 12.0. The Hall–Kier alpha value is -2.50. The normalized spacial score (nSPS) is 10.1. The van der Waals surface area contributed by atoms with Crippen LogP contribution < -0.4 is 20.7 Å². The van der Waals surface area contributed by atoms with Crippen LogP contribution in [0.3, 0.4) is 0 Å². The van der Waals surface area contributed by atoms with Gasteiger partial charge in [-0.25, -0.2) is 4.79 Å². The second kappa shape index (κ2) is 4.79. The number of methoxy groups -OCH3 is 2. The van der Waals surface area contributed by atoms with Gasteiger partial charge in [0.05, 0.1) is 19.9 Å². The molecular weight excluding hydrogens is 236 g/mol. The number of ether oxygens (including phenoxy) is 2. The molecule has 0 aliphatic heterocycles. The van der Waals surface area contributed by atoms with Gasteiger partial charge in [-0.05, 0) is 12.1 Å². The van der Waals surface area contributed by atoms with Crippen molar-refractivity contribution in [2.75, 3.05) is 14.2 Å². The van der Waals surface area contributed by atoms with Crippen molar-refractivity contribution < 1.29 is 9.47 Å². The van der Waals surface area contributed by atoms with Gasteiger partial charge in [0.1, 0.15) is 11.5 Å². The summed E-state index contributed by atoms with van der Waals surface area (Å²) >= 11 is 0. The maximum atomic E-state index is 11.3. The molecule has 0 aliphatic rings. The fraction of sp³-hybridized carbons (Fsp3) is 0.167. The first-order chi connectivity index (χ1) is 8.63. The SMILES string of the molecule is COc1ccc(-c2cc(=O)[nH]c(=O)[nH]2)c(OC)c1. The van der Waals surface area contributed by atoms with Crippen molar-refractivity contribution in [1.29, 1.82) is 0 Å². The van der Waals surface area contributed by atoms with E-state index in [0.29, 0.717) is 22.8 Å². The Labute approximate surface area is 102 Å². The fourth-order valence-corrected chi connectivity index (χ4v) is 1.63. The first-order valence-corrected chi connectivity index (χ1v) is 5.20. The summed E-state index contributed by atoms with van der Waals surface area (Å²) in [6, 6.07) is 6.40. The van der Waals surface area contributed by atoms with Crippen LogP contribution in [-0.2, 0) is 0 Å². The number of H-pyrrole nitrogens is 2. The largest absolute Gasteiger partial charge is 0.497 e. The highest BCUT2D eigenvalue weighted by molar-refractivity contribution is 5.68. The smallest absolute Gasteiger partial charge is 0.326 e. The first-order valence-electron chi connectivity index (χ1n) is 5.20. The number of rotatable bonds is 3. The summed E-state index contributed by atoms with van der Waals surface area (Å²) in [5.41, 5.74) is -0.0215. The molecule has 0 aliphatic carbocycles. The van der Waals surface area contributed by atoms with Crippen LogP contribution in [-0.4, -0.2) is 24.2 Å². The van der Waals surface area contributed by atoms with Gasteiger partial charge in [0.15, 0.2) is 0 Å². The minimum Gasteiger partial charge on any atom is -0.497 e. The molecule has 2 rings (SSSR count). The van der Waals surface area contributed by atoms with Gasteiger partial charge in [-0.1, -0.05) is 0 Å². The summed E-state index contributed by atoms with van der Waals surface area (Å²) in [5.74, 6) is 1.14. The van der Waals surface area contributed by atoms with E-state index in [1.54, 1.807) is 25.3 Å². The molecule has 0 spiro atoms. The van der Waals surface area contributed by atoms with Gasteiger partial charge in [-0.3, -0.25) is 9.78 Å². The van der Waals surface area contributed by atoms with Gasteiger partial charge < -0.3 is 14.5 Å². The number of benzene rings is 1. The monoisotopic (exact) mass is 248 g/mol. The van der Waals surface area contributed by atoms with E-state index in [0.717, 1.165) is 0 Å². The van der Waals surface area contributed by atoms with Gasteiger partial charge in [-0.2, -0.15) is 0 Å². The van der Waals surface area contributed by atoms with Crippen molar-refractivity contribution in [2.24, 2.45) is 0 Å². The maximum absolute atomic E-state index is 11.3. The van der Waals surface area contributed by atoms with Crippen molar-refractivity contribution in [3.8, 4) is 22.8 Å². The average Bonchev–Trinajstić information content (AvgIpc) is 2.36. The molecule has 6 nitrogen and oxygen atoms in total. The third kappa shape index (κ3) is 2.27. The lowest BCUT2D eigenvalue weighted by molar-refractivity contribution is 0.395. The lowest BCUT2D eigenvalue weighted by atomic mass is 10.1. The standard InChI is InChI=1S/C12H12N2O4/c1-17-7-3-4-8(10(5-7)18-2)9-6-11(15)14-12(16)13-9/h3-6H,1-2H3,(H2,13,14,15,16). The molecule has 0 radical (unpaired) electrons. The van der Waals surface area contributed by atoms with Gasteiger partial charge >= 0.3 is 5.69 Å². The summed E-state index contributed by atoms with van der Waals surface area (Å²) < 4.78 is 10.3. The molecule has 0 amide bonds. The molecule has 0 bridgehead atoms. The molecule has 2 aromatic rings. The molecule has 1 heterocycles. The van der Waals surface area contributed by atoms with Crippen LogP contribution in [0, 0.1) is 0 Å². The lowest BCUT2D eigenvalue weighted by Crippen LogP contribution is -2.21. The third-order valence-corrected chi connectivity index (χ3v) is 2.46. The molecule has 1 aromatic heterocycles. The van der Waals surface area contributed by atoms with Gasteiger partial charge in [0, 0.05) is 17.7 Å². The number of nitrogens with one attached hydrogen (secondary N) is 2. The van der Waals surface area contributed by atoms with Gasteiger partial charge in [0.25, 0.3) is 5.56 Å². The highest BCUT2D eigenvalue weighted by Crippen LogP contribution is 2.31. The van der Waals surface area contributed by atoms with Crippen LogP contribution >= 0.6 is 0 Å². The zero-order chi connectivity index (χ0) is 13.1. The molecule has 1 aromatic carbocycles. The number of hydrogen-bond donors (Lipinski definition) is 2. The lowest BCUT2D eigenvalue weighted by Gasteiger charge is -2.09. The Morgan fingerprint density at radius 1 is 1.00 bits per heavy atom. The van der Waals surface area contributed by atoms with Crippen LogP contribution in [0.2, 0.25) is 0 Å². The fourth-order valence-electron chi connectivity index (χ4n) is 1.63. The molecule has 6 heteroatoms. The Bertz CT molecular complexity index is 644. The van der Waals surface area contributed by atoms with E-state index in [9.17, 15) is 9.59 Å². The van der Waals surface area contributed by atoms with Crippen molar-refractivity contribution in [2.45, 2.75) is 0 Å². The van der Waals surface area contributed by atoms with E-state index in [-0.39, 0.29) is 0 Å². The summed E-state index contributed by atoms with van der Waals surface area (Å²) in [4.78, 5) is 27.1. The highest BCUT2D eigenvalue weighted by atomic mass is 16.5. The van der Waals surface area contributed by atoms with Crippen LogP contribution in [0.5, 0.6) is 11.5 Å². The predicted molar refractivity (Wildman–Crippen MR) is 66.2 cm³/mol. The van der Waals surface area contributed by atoms with Crippen molar-refractivity contribution in [3.05, 3.63) is 45.1 Å². The maximum Gasteiger partial charge on any atom is 0.326 e.